The summed E-state index contributed by atoms with van der Waals surface area (Å²) in [6.07, 6.45) is 15.0. The average molecular weight is 601 g/mol. The van der Waals surface area contributed by atoms with Crippen LogP contribution in [0.15, 0.2) is 82.0 Å². The fraction of sp³-hybridized carbons (Fsp3) is 0.650. The molecular formula is C40H63F3. The van der Waals surface area contributed by atoms with Crippen LogP contribution in [0.25, 0.3) is 0 Å². The van der Waals surface area contributed by atoms with Gasteiger partial charge in [0.1, 0.15) is 0 Å². The predicted molar refractivity (Wildman–Crippen MR) is 184 cm³/mol. The summed E-state index contributed by atoms with van der Waals surface area (Å²) < 4.78 is 40.4. The van der Waals surface area contributed by atoms with Gasteiger partial charge in [-0.25, -0.2) is 0 Å². The molecule has 0 aromatic rings. The van der Waals surface area contributed by atoms with Crippen molar-refractivity contribution < 1.29 is 13.2 Å². The highest BCUT2D eigenvalue weighted by atomic mass is 19.4. The average Bonchev–Trinajstić information content (AvgIpc) is 3.41. The Bertz CT molecular complexity index is 1050. The smallest absolute Gasteiger partial charge is 0.171 e. The molecule has 0 amide bonds. The van der Waals surface area contributed by atoms with Gasteiger partial charge in [0.05, 0.1) is 0 Å². The zero-order valence-electron chi connectivity index (χ0n) is 29.2. The van der Waals surface area contributed by atoms with Gasteiger partial charge in [-0.3, -0.25) is 0 Å². The fourth-order valence-corrected chi connectivity index (χ4v) is 6.87. The summed E-state index contributed by atoms with van der Waals surface area (Å²) in [4.78, 5) is 0. The molecule has 0 bridgehead atoms. The monoisotopic (exact) mass is 600 g/mol. The lowest BCUT2D eigenvalue weighted by atomic mass is 9.84. The molecule has 3 heteroatoms. The fourth-order valence-electron chi connectivity index (χ4n) is 6.87. The van der Waals surface area contributed by atoms with Gasteiger partial charge >= 0.3 is 6.18 Å². The van der Waals surface area contributed by atoms with Crippen molar-refractivity contribution in [2.24, 2.45) is 23.7 Å². The topological polar surface area (TPSA) is 0 Å². The molecule has 244 valence electrons. The van der Waals surface area contributed by atoms with E-state index >= 15 is 0 Å². The molecule has 0 saturated heterocycles. The van der Waals surface area contributed by atoms with Crippen LogP contribution < -0.4 is 0 Å². The standard InChI is InChI=1S/C40H63F3/c1-12-29(7)23-37(26-34(13-2)27-40(41,42)43)36(25-32(10)22-35-18-16-17-19-35)24-31(9)20-30(8)21-33(11)39(15-4)38(14-3)28(5)6/h20,23,25-26,32,34-35,38H,5,8,12-19,21-22,24,27H2,1-4,6-7,9-11H3/b29-23-,31-20-,36-25+,37-26+,39-33-. The Balaban J connectivity index is 3.49. The lowest BCUT2D eigenvalue weighted by Gasteiger charge is -2.22. The number of halogens is 3. The third-order valence-electron chi connectivity index (χ3n) is 9.19. The Kier molecular flexibility index (Phi) is 17.6. The molecule has 0 aromatic heterocycles. The highest BCUT2D eigenvalue weighted by Crippen LogP contribution is 2.35. The van der Waals surface area contributed by atoms with Crippen molar-refractivity contribution in [2.75, 3.05) is 0 Å². The molecule has 1 rings (SSSR count). The lowest BCUT2D eigenvalue weighted by Crippen LogP contribution is -2.14. The van der Waals surface area contributed by atoms with E-state index in [0.29, 0.717) is 24.7 Å². The first-order valence-corrected chi connectivity index (χ1v) is 17.0. The number of hydrogen-bond acceptors (Lipinski definition) is 0. The van der Waals surface area contributed by atoms with E-state index in [4.69, 9.17) is 0 Å². The van der Waals surface area contributed by atoms with Gasteiger partial charge in [-0.2, -0.15) is 13.2 Å². The SMILES string of the molecule is C=C(/C=C(/C)CC(=C\C(C)CC1CCCC1)/C(/C=C(/C)CC)=C/C(CC)CC(F)(F)F)C/C(C)=C(/CC)C(CC)C(=C)C. The molecule has 43 heavy (non-hydrogen) atoms. The zero-order valence-corrected chi connectivity index (χ0v) is 29.2. The molecule has 1 aliphatic carbocycles. The Labute approximate surface area is 264 Å². The number of alkyl halides is 3. The van der Waals surface area contributed by atoms with Crippen molar-refractivity contribution in [3.05, 3.63) is 82.0 Å². The summed E-state index contributed by atoms with van der Waals surface area (Å²) in [6, 6.07) is 0. The van der Waals surface area contributed by atoms with Gasteiger partial charge in [0.2, 0.25) is 0 Å². The second kappa shape index (κ2) is 19.4. The molecule has 0 spiro atoms. The lowest BCUT2D eigenvalue weighted by molar-refractivity contribution is -0.141. The molecule has 0 N–H and O–H groups in total. The molecule has 0 aliphatic heterocycles. The summed E-state index contributed by atoms with van der Waals surface area (Å²) in [5, 5.41) is 0. The minimum Gasteiger partial charge on any atom is -0.171 e. The van der Waals surface area contributed by atoms with Crippen LogP contribution in [0.2, 0.25) is 0 Å². The maximum Gasteiger partial charge on any atom is 0.389 e. The molecule has 3 unspecified atom stereocenters. The van der Waals surface area contributed by atoms with Crippen molar-refractivity contribution in [3.8, 4) is 0 Å². The van der Waals surface area contributed by atoms with E-state index in [1.165, 1.54) is 53.5 Å². The Morgan fingerprint density at radius 3 is 1.95 bits per heavy atom. The van der Waals surface area contributed by atoms with E-state index in [-0.39, 0.29) is 0 Å². The van der Waals surface area contributed by atoms with Crippen LogP contribution in [0.5, 0.6) is 0 Å². The summed E-state index contributed by atoms with van der Waals surface area (Å²) in [5.74, 6) is 1.000. The van der Waals surface area contributed by atoms with Gasteiger partial charge in [-0.05, 0) is 102 Å². The minimum atomic E-state index is -4.18. The maximum atomic E-state index is 13.5. The van der Waals surface area contributed by atoms with Gasteiger partial charge in [-0.1, -0.05) is 131 Å². The van der Waals surface area contributed by atoms with Gasteiger partial charge < -0.3 is 0 Å². The van der Waals surface area contributed by atoms with Crippen molar-refractivity contribution in [1.82, 2.24) is 0 Å². The van der Waals surface area contributed by atoms with Gasteiger partial charge in [0.25, 0.3) is 0 Å². The Morgan fingerprint density at radius 1 is 0.837 bits per heavy atom. The number of hydrogen-bond donors (Lipinski definition) is 0. The Hall–Kier alpha value is -2.03. The van der Waals surface area contributed by atoms with Crippen LogP contribution in [0, 0.1) is 23.7 Å². The van der Waals surface area contributed by atoms with Crippen LogP contribution in [0.1, 0.15) is 139 Å². The molecule has 3 atom stereocenters. The second-order valence-electron chi connectivity index (χ2n) is 13.5. The van der Waals surface area contributed by atoms with E-state index in [9.17, 15) is 13.2 Å². The van der Waals surface area contributed by atoms with E-state index in [0.717, 1.165) is 54.7 Å². The van der Waals surface area contributed by atoms with Crippen molar-refractivity contribution >= 4 is 0 Å². The van der Waals surface area contributed by atoms with Crippen molar-refractivity contribution in [3.63, 3.8) is 0 Å². The summed E-state index contributed by atoms with van der Waals surface area (Å²) in [6.45, 7) is 27.9. The first-order chi connectivity index (χ1) is 20.1. The zero-order chi connectivity index (χ0) is 32.7. The number of allylic oxidation sites excluding steroid dienone is 12. The summed E-state index contributed by atoms with van der Waals surface area (Å²) in [5.41, 5.74) is 9.60. The molecule has 1 saturated carbocycles. The van der Waals surface area contributed by atoms with Crippen LogP contribution in [0.3, 0.4) is 0 Å². The van der Waals surface area contributed by atoms with Crippen molar-refractivity contribution in [1.29, 1.82) is 0 Å². The van der Waals surface area contributed by atoms with Crippen LogP contribution in [-0.4, -0.2) is 6.18 Å². The first kappa shape index (κ1) is 39.0. The predicted octanol–water partition coefficient (Wildman–Crippen LogP) is 14.0. The summed E-state index contributed by atoms with van der Waals surface area (Å²) in [7, 11) is 0. The second-order valence-corrected chi connectivity index (χ2v) is 13.5. The Morgan fingerprint density at radius 2 is 1.47 bits per heavy atom. The van der Waals surface area contributed by atoms with E-state index in [1.54, 1.807) is 0 Å². The van der Waals surface area contributed by atoms with Gasteiger partial charge in [-0.15, -0.1) is 0 Å². The third kappa shape index (κ3) is 15.0. The first-order valence-electron chi connectivity index (χ1n) is 17.0. The van der Waals surface area contributed by atoms with Crippen LogP contribution in [-0.2, 0) is 0 Å². The van der Waals surface area contributed by atoms with E-state index in [1.807, 2.05) is 13.0 Å². The molecule has 1 aliphatic rings. The quantitative estimate of drug-likeness (QED) is 0.108. The number of rotatable bonds is 18. The van der Waals surface area contributed by atoms with E-state index < -0.39 is 18.5 Å². The molecule has 0 radical (unpaired) electrons. The minimum absolute atomic E-state index is 0.376. The molecule has 1 fully saturated rings. The van der Waals surface area contributed by atoms with Crippen LogP contribution in [0.4, 0.5) is 13.2 Å². The van der Waals surface area contributed by atoms with Gasteiger partial charge in [0.15, 0.2) is 0 Å². The molecule has 0 heterocycles. The summed E-state index contributed by atoms with van der Waals surface area (Å²) >= 11 is 0. The third-order valence-corrected chi connectivity index (χ3v) is 9.19. The normalized spacial score (nSPS) is 18.9. The van der Waals surface area contributed by atoms with Gasteiger partial charge in [0, 0.05) is 12.3 Å². The van der Waals surface area contributed by atoms with E-state index in [2.05, 4.69) is 86.8 Å². The molecule has 0 aromatic carbocycles. The molecular weight excluding hydrogens is 537 g/mol. The van der Waals surface area contributed by atoms with Crippen molar-refractivity contribution in [2.45, 2.75) is 146 Å². The van der Waals surface area contributed by atoms with Crippen LogP contribution >= 0.6 is 0 Å². The highest BCUT2D eigenvalue weighted by Gasteiger charge is 2.30. The molecule has 0 nitrogen and oxygen atoms in total. The maximum absolute atomic E-state index is 13.5. The largest absolute Gasteiger partial charge is 0.389 e. The highest BCUT2D eigenvalue weighted by molar-refractivity contribution is 5.45.